The number of ketones is 1. The van der Waals surface area contributed by atoms with Gasteiger partial charge in [-0.15, -0.1) is 0 Å². The number of nitrogens with two attached hydrogens (primary N) is 1. The summed E-state index contributed by atoms with van der Waals surface area (Å²) in [6, 6.07) is 8.16. The minimum Gasteiger partial charge on any atom is -0.330 e. The third-order valence-electron chi connectivity index (χ3n) is 2.89. The molecule has 0 aliphatic rings. The van der Waals surface area contributed by atoms with Crippen molar-refractivity contribution < 1.29 is 4.79 Å². The molecule has 2 nitrogen and oxygen atoms in total. The summed E-state index contributed by atoms with van der Waals surface area (Å²) in [5, 5.41) is 0. The predicted octanol–water partition coefficient (Wildman–Crippen LogP) is 2.48. The molecular weight excluding hydrogens is 198 g/mol. The first kappa shape index (κ1) is 12.9. The molecular formula is C14H21NO. The Morgan fingerprint density at radius 3 is 2.50 bits per heavy atom. The molecule has 1 rings (SSSR count). The van der Waals surface area contributed by atoms with Gasteiger partial charge in [-0.2, -0.15) is 0 Å². The molecule has 2 heteroatoms. The van der Waals surface area contributed by atoms with Gasteiger partial charge in [0, 0.05) is 12.3 Å². The van der Waals surface area contributed by atoms with Crippen LogP contribution in [-0.4, -0.2) is 12.3 Å². The van der Waals surface area contributed by atoms with E-state index in [0.717, 1.165) is 18.4 Å². The first-order valence-corrected chi connectivity index (χ1v) is 5.92. The fourth-order valence-electron chi connectivity index (χ4n) is 1.67. The van der Waals surface area contributed by atoms with Crippen LogP contribution in [0.4, 0.5) is 0 Å². The Hall–Kier alpha value is -1.15. The van der Waals surface area contributed by atoms with E-state index in [0.29, 0.717) is 18.7 Å². The summed E-state index contributed by atoms with van der Waals surface area (Å²) in [6.45, 7) is 4.71. The number of rotatable bonds is 6. The van der Waals surface area contributed by atoms with E-state index in [2.05, 4.69) is 6.92 Å². The first-order valence-electron chi connectivity index (χ1n) is 5.92. The first-order chi connectivity index (χ1) is 7.63. The van der Waals surface area contributed by atoms with Gasteiger partial charge in [0.1, 0.15) is 5.78 Å². The van der Waals surface area contributed by atoms with Gasteiger partial charge in [0.25, 0.3) is 0 Å². The van der Waals surface area contributed by atoms with Gasteiger partial charge in [0.05, 0.1) is 0 Å². The van der Waals surface area contributed by atoms with Crippen LogP contribution in [0.2, 0.25) is 0 Å². The number of carbonyl (C=O) groups is 1. The number of hydrogen-bond acceptors (Lipinski definition) is 2. The van der Waals surface area contributed by atoms with E-state index in [4.69, 9.17) is 5.73 Å². The highest BCUT2D eigenvalue weighted by atomic mass is 16.1. The summed E-state index contributed by atoms with van der Waals surface area (Å²) >= 11 is 0. The SMILES string of the molecule is Cc1ccc(CC(=O)C(C)CCCN)cc1. The van der Waals surface area contributed by atoms with Crippen molar-refractivity contribution in [3.8, 4) is 0 Å². The number of benzene rings is 1. The van der Waals surface area contributed by atoms with Gasteiger partial charge in [0.2, 0.25) is 0 Å². The molecule has 0 spiro atoms. The van der Waals surface area contributed by atoms with Gasteiger partial charge in [-0.05, 0) is 31.9 Å². The Kier molecular flexibility index (Phi) is 5.20. The number of carbonyl (C=O) groups excluding carboxylic acids is 1. The maximum absolute atomic E-state index is 11.9. The van der Waals surface area contributed by atoms with Gasteiger partial charge in [-0.25, -0.2) is 0 Å². The predicted molar refractivity (Wildman–Crippen MR) is 67.3 cm³/mol. The summed E-state index contributed by atoms with van der Waals surface area (Å²) in [7, 11) is 0. The normalized spacial score (nSPS) is 12.4. The highest BCUT2D eigenvalue weighted by molar-refractivity contribution is 5.82. The molecule has 0 radical (unpaired) electrons. The zero-order valence-corrected chi connectivity index (χ0v) is 10.2. The van der Waals surface area contributed by atoms with Crippen LogP contribution in [0.3, 0.4) is 0 Å². The average molecular weight is 219 g/mol. The molecule has 0 heterocycles. The van der Waals surface area contributed by atoms with Crippen LogP contribution in [0.25, 0.3) is 0 Å². The molecule has 0 aliphatic carbocycles. The molecule has 1 unspecified atom stereocenters. The standard InChI is InChI=1S/C14H21NO/c1-11-5-7-13(8-6-11)10-14(16)12(2)4-3-9-15/h5-8,12H,3-4,9-10,15H2,1-2H3. The topological polar surface area (TPSA) is 43.1 Å². The van der Waals surface area contributed by atoms with Crippen molar-refractivity contribution in [2.75, 3.05) is 6.54 Å². The highest BCUT2D eigenvalue weighted by Crippen LogP contribution is 2.11. The van der Waals surface area contributed by atoms with Gasteiger partial charge in [-0.1, -0.05) is 36.8 Å². The summed E-state index contributed by atoms with van der Waals surface area (Å²) < 4.78 is 0. The minimum atomic E-state index is 0.129. The average Bonchev–Trinajstić information content (AvgIpc) is 2.29. The van der Waals surface area contributed by atoms with Crippen LogP contribution in [-0.2, 0) is 11.2 Å². The molecule has 0 fully saturated rings. The van der Waals surface area contributed by atoms with E-state index in [1.807, 2.05) is 31.2 Å². The van der Waals surface area contributed by atoms with Crippen LogP contribution in [0.5, 0.6) is 0 Å². The van der Waals surface area contributed by atoms with Crippen LogP contribution < -0.4 is 5.73 Å². The van der Waals surface area contributed by atoms with Crippen LogP contribution >= 0.6 is 0 Å². The third-order valence-corrected chi connectivity index (χ3v) is 2.89. The van der Waals surface area contributed by atoms with E-state index in [1.165, 1.54) is 5.56 Å². The minimum absolute atomic E-state index is 0.129. The maximum Gasteiger partial charge on any atom is 0.140 e. The molecule has 2 N–H and O–H groups in total. The summed E-state index contributed by atoms with van der Waals surface area (Å²) in [4.78, 5) is 11.9. The van der Waals surface area contributed by atoms with E-state index in [-0.39, 0.29) is 5.92 Å². The molecule has 1 aromatic rings. The molecule has 0 aliphatic heterocycles. The van der Waals surface area contributed by atoms with Crippen LogP contribution in [0, 0.1) is 12.8 Å². The van der Waals surface area contributed by atoms with Crippen molar-refractivity contribution in [3.63, 3.8) is 0 Å². The van der Waals surface area contributed by atoms with Gasteiger partial charge < -0.3 is 5.73 Å². The zero-order chi connectivity index (χ0) is 12.0. The molecule has 0 amide bonds. The van der Waals surface area contributed by atoms with Crippen molar-refractivity contribution in [2.24, 2.45) is 11.7 Å². The fraction of sp³-hybridized carbons (Fsp3) is 0.500. The lowest BCUT2D eigenvalue weighted by Gasteiger charge is -2.09. The molecule has 16 heavy (non-hydrogen) atoms. The van der Waals surface area contributed by atoms with Gasteiger partial charge in [0.15, 0.2) is 0 Å². The Labute approximate surface area is 97.9 Å². The molecule has 1 atom stereocenters. The summed E-state index contributed by atoms with van der Waals surface area (Å²) in [5.74, 6) is 0.446. The number of hydrogen-bond donors (Lipinski definition) is 1. The molecule has 0 bridgehead atoms. The Balaban J connectivity index is 2.47. The Bertz CT molecular complexity index is 329. The maximum atomic E-state index is 11.9. The van der Waals surface area contributed by atoms with E-state index in [9.17, 15) is 4.79 Å². The van der Waals surface area contributed by atoms with Gasteiger partial charge >= 0.3 is 0 Å². The molecule has 0 aromatic heterocycles. The second-order valence-corrected chi connectivity index (χ2v) is 4.46. The Morgan fingerprint density at radius 1 is 1.31 bits per heavy atom. The largest absolute Gasteiger partial charge is 0.330 e. The zero-order valence-electron chi connectivity index (χ0n) is 10.2. The number of aryl methyl sites for hydroxylation is 1. The van der Waals surface area contributed by atoms with Crippen molar-refractivity contribution >= 4 is 5.78 Å². The van der Waals surface area contributed by atoms with Crippen LogP contribution in [0.15, 0.2) is 24.3 Å². The lowest BCUT2D eigenvalue weighted by atomic mass is 9.95. The van der Waals surface area contributed by atoms with Crippen molar-refractivity contribution in [2.45, 2.75) is 33.1 Å². The van der Waals surface area contributed by atoms with Crippen molar-refractivity contribution in [3.05, 3.63) is 35.4 Å². The van der Waals surface area contributed by atoms with E-state index < -0.39 is 0 Å². The smallest absolute Gasteiger partial charge is 0.140 e. The van der Waals surface area contributed by atoms with E-state index >= 15 is 0 Å². The number of Topliss-reactive ketones (excluding diaryl/α,β-unsaturated/α-hetero) is 1. The second-order valence-electron chi connectivity index (χ2n) is 4.46. The van der Waals surface area contributed by atoms with Crippen molar-refractivity contribution in [1.29, 1.82) is 0 Å². The lowest BCUT2D eigenvalue weighted by molar-refractivity contribution is -0.121. The third kappa shape index (κ3) is 4.15. The van der Waals surface area contributed by atoms with E-state index in [1.54, 1.807) is 0 Å². The second kappa shape index (κ2) is 6.44. The molecule has 1 aromatic carbocycles. The van der Waals surface area contributed by atoms with Gasteiger partial charge in [-0.3, -0.25) is 4.79 Å². The summed E-state index contributed by atoms with van der Waals surface area (Å²) in [6.07, 6.45) is 2.38. The monoisotopic (exact) mass is 219 g/mol. The lowest BCUT2D eigenvalue weighted by Crippen LogP contribution is -2.15. The Morgan fingerprint density at radius 2 is 1.94 bits per heavy atom. The molecule has 0 saturated carbocycles. The summed E-state index contributed by atoms with van der Waals surface area (Å²) in [5.41, 5.74) is 7.77. The van der Waals surface area contributed by atoms with Crippen LogP contribution in [0.1, 0.15) is 30.9 Å². The quantitative estimate of drug-likeness (QED) is 0.798. The highest BCUT2D eigenvalue weighted by Gasteiger charge is 2.12. The fourth-order valence-corrected chi connectivity index (χ4v) is 1.67. The molecule has 88 valence electrons. The van der Waals surface area contributed by atoms with Crippen molar-refractivity contribution in [1.82, 2.24) is 0 Å². The molecule has 0 saturated heterocycles.